The summed E-state index contributed by atoms with van der Waals surface area (Å²) in [5.74, 6) is 0.0352. The molecular weight excluding hydrogens is 384 g/mol. The van der Waals surface area contributed by atoms with Gasteiger partial charge in [0, 0.05) is 0 Å². The van der Waals surface area contributed by atoms with Crippen LogP contribution in [0.3, 0.4) is 0 Å². The SMILES string of the molecule is CC(C)c1[nH]nc(C(=O)NC(C)c2ccc(-n3cncn3)cc2)c1Br. The number of H-pyrrole nitrogens is 1. The van der Waals surface area contributed by atoms with E-state index in [9.17, 15) is 4.79 Å². The maximum atomic E-state index is 12.5. The van der Waals surface area contributed by atoms with Crippen LogP contribution in [0.25, 0.3) is 5.69 Å². The predicted octanol–water partition coefficient (Wildman–Crippen LogP) is 3.37. The normalized spacial score (nSPS) is 12.4. The van der Waals surface area contributed by atoms with Crippen LogP contribution in [0.15, 0.2) is 41.4 Å². The summed E-state index contributed by atoms with van der Waals surface area (Å²) < 4.78 is 2.40. The minimum absolute atomic E-state index is 0.150. The molecule has 8 heteroatoms. The molecule has 0 aliphatic carbocycles. The zero-order valence-electron chi connectivity index (χ0n) is 14.2. The van der Waals surface area contributed by atoms with Crippen molar-refractivity contribution in [1.82, 2.24) is 30.3 Å². The Bertz CT molecular complexity index is 854. The van der Waals surface area contributed by atoms with Crippen LogP contribution in [-0.4, -0.2) is 30.9 Å². The Morgan fingerprint density at radius 2 is 1.96 bits per heavy atom. The molecule has 0 aliphatic heterocycles. The quantitative estimate of drug-likeness (QED) is 0.684. The van der Waals surface area contributed by atoms with Gasteiger partial charge < -0.3 is 5.32 Å². The first-order valence-electron chi connectivity index (χ1n) is 7.97. The Hall–Kier alpha value is -2.48. The summed E-state index contributed by atoms with van der Waals surface area (Å²) >= 11 is 3.46. The highest BCUT2D eigenvalue weighted by molar-refractivity contribution is 9.10. The fourth-order valence-corrected chi connectivity index (χ4v) is 3.30. The molecule has 1 unspecified atom stereocenters. The van der Waals surface area contributed by atoms with E-state index in [0.29, 0.717) is 10.2 Å². The van der Waals surface area contributed by atoms with E-state index >= 15 is 0 Å². The highest BCUT2D eigenvalue weighted by Gasteiger charge is 2.20. The molecule has 1 aromatic carbocycles. The van der Waals surface area contributed by atoms with E-state index in [2.05, 4.69) is 41.5 Å². The molecule has 7 nitrogen and oxygen atoms in total. The first-order valence-corrected chi connectivity index (χ1v) is 8.76. The fourth-order valence-electron chi connectivity index (χ4n) is 2.48. The molecule has 2 N–H and O–H groups in total. The summed E-state index contributed by atoms with van der Waals surface area (Å²) in [6, 6.07) is 7.65. The van der Waals surface area contributed by atoms with Crippen LogP contribution in [0.4, 0.5) is 0 Å². The van der Waals surface area contributed by atoms with Crippen LogP contribution in [0.1, 0.15) is 54.5 Å². The van der Waals surface area contributed by atoms with Gasteiger partial charge >= 0.3 is 0 Å². The van der Waals surface area contributed by atoms with Crippen molar-refractivity contribution in [1.29, 1.82) is 0 Å². The van der Waals surface area contributed by atoms with Crippen LogP contribution < -0.4 is 5.32 Å². The molecular formula is C17H19BrN6O. The first-order chi connectivity index (χ1) is 12.0. The third kappa shape index (κ3) is 3.63. The number of hydrogen-bond acceptors (Lipinski definition) is 4. The number of carbonyl (C=O) groups excluding carboxylic acids is 1. The van der Waals surface area contributed by atoms with Crippen molar-refractivity contribution in [3.05, 3.63) is 58.3 Å². The number of aromatic amines is 1. The Labute approximate surface area is 154 Å². The largest absolute Gasteiger partial charge is 0.344 e. The molecule has 3 aromatic rings. The van der Waals surface area contributed by atoms with Crippen molar-refractivity contribution < 1.29 is 4.79 Å². The van der Waals surface area contributed by atoms with Gasteiger partial charge in [0.15, 0.2) is 5.69 Å². The summed E-state index contributed by atoms with van der Waals surface area (Å²) in [6.45, 7) is 6.02. The van der Waals surface area contributed by atoms with Gasteiger partial charge in [-0.3, -0.25) is 9.89 Å². The molecule has 3 rings (SSSR count). The third-order valence-corrected chi connectivity index (χ3v) is 4.75. The topological polar surface area (TPSA) is 88.5 Å². The Balaban J connectivity index is 1.71. The summed E-state index contributed by atoms with van der Waals surface area (Å²) in [4.78, 5) is 16.4. The number of nitrogens with zero attached hydrogens (tertiary/aromatic N) is 4. The molecule has 1 atom stereocenters. The lowest BCUT2D eigenvalue weighted by molar-refractivity contribution is 0.0934. The number of hydrogen-bond donors (Lipinski definition) is 2. The number of carbonyl (C=O) groups is 1. The van der Waals surface area contributed by atoms with Crippen molar-refractivity contribution in [2.24, 2.45) is 0 Å². The number of amides is 1. The van der Waals surface area contributed by atoms with Gasteiger partial charge in [0.25, 0.3) is 5.91 Å². The molecule has 0 spiro atoms. The van der Waals surface area contributed by atoms with Gasteiger partial charge in [0.05, 0.1) is 21.9 Å². The van der Waals surface area contributed by atoms with Gasteiger partial charge in [0.1, 0.15) is 12.7 Å². The van der Waals surface area contributed by atoms with Gasteiger partial charge in [-0.1, -0.05) is 26.0 Å². The fraction of sp³-hybridized carbons (Fsp3) is 0.294. The number of aromatic nitrogens is 5. The van der Waals surface area contributed by atoms with Crippen molar-refractivity contribution >= 4 is 21.8 Å². The molecule has 0 aliphatic rings. The lowest BCUT2D eigenvalue weighted by Gasteiger charge is -2.14. The van der Waals surface area contributed by atoms with Crippen LogP contribution in [0, 0.1) is 0 Å². The lowest BCUT2D eigenvalue weighted by atomic mass is 10.1. The number of rotatable bonds is 5. The molecule has 0 radical (unpaired) electrons. The summed E-state index contributed by atoms with van der Waals surface area (Å²) in [5, 5.41) is 14.1. The molecule has 0 bridgehead atoms. The number of halogens is 1. The van der Waals surface area contributed by atoms with Gasteiger partial charge in [-0.15, -0.1) is 0 Å². The van der Waals surface area contributed by atoms with E-state index in [1.165, 1.54) is 6.33 Å². The van der Waals surface area contributed by atoms with Crippen molar-refractivity contribution in [2.45, 2.75) is 32.7 Å². The molecule has 0 saturated carbocycles. The van der Waals surface area contributed by atoms with Crippen molar-refractivity contribution in [3.63, 3.8) is 0 Å². The van der Waals surface area contributed by atoms with Gasteiger partial charge in [-0.2, -0.15) is 10.2 Å². The molecule has 0 fully saturated rings. The number of benzene rings is 1. The van der Waals surface area contributed by atoms with Crippen LogP contribution in [-0.2, 0) is 0 Å². The molecule has 1 amide bonds. The second-order valence-corrected chi connectivity index (χ2v) is 6.87. The third-order valence-electron chi connectivity index (χ3n) is 3.95. The van der Waals surface area contributed by atoms with E-state index in [-0.39, 0.29) is 17.9 Å². The van der Waals surface area contributed by atoms with E-state index in [1.54, 1.807) is 11.0 Å². The van der Waals surface area contributed by atoms with Crippen LogP contribution in [0.5, 0.6) is 0 Å². The maximum Gasteiger partial charge on any atom is 0.273 e. The van der Waals surface area contributed by atoms with Crippen LogP contribution in [0.2, 0.25) is 0 Å². The highest BCUT2D eigenvalue weighted by Crippen LogP contribution is 2.26. The first kappa shape index (κ1) is 17.3. The second-order valence-electron chi connectivity index (χ2n) is 6.08. The molecule has 2 aromatic heterocycles. The zero-order valence-corrected chi connectivity index (χ0v) is 15.8. The van der Waals surface area contributed by atoms with E-state index < -0.39 is 0 Å². The predicted molar refractivity (Wildman–Crippen MR) is 97.6 cm³/mol. The summed E-state index contributed by atoms with van der Waals surface area (Å²) in [6.07, 6.45) is 3.13. The monoisotopic (exact) mass is 402 g/mol. The summed E-state index contributed by atoms with van der Waals surface area (Å²) in [5.41, 5.74) is 3.19. The Morgan fingerprint density at radius 3 is 2.52 bits per heavy atom. The Kier molecular flexibility index (Phi) is 4.98. The molecule has 130 valence electrons. The van der Waals surface area contributed by atoms with E-state index in [4.69, 9.17) is 0 Å². The lowest BCUT2D eigenvalue weighted by Crippen LogP contribution is -2.27. The van der Waals surface area contributed by atoms with Gasteiger partial charge in [-0.25, -0.2) is 9.67 Å². The summed E-state index contributed by atoms with van der Waals surface area (Å²) in [7, 11) is 0. The average Bonchev–Trinajstić information content (AvgIpc) is 3.24. The molecule has 25 heavy (non-hydrogen) atoms. The average molecular weight is 403 g/mol. The zero-order chi connectivity index (χ0) is 18.0. The van der Waals surface area contributed by atoms with Crippen molar-refractivity contribution in [3.8, 4) is 5.69 Å². The maximum absolute atomic E-state index is 12.5. The van der Waals surface area contributed by atoms with Gasteiger partial charge in [-0.05, 0) is 46.5 Å². The van der Waals surface area contributed by atoms with Gasteiger partial charge in [0.2, 0.25) is 0 Å². The van der Waals surface area contributed by atoms with E-state index in [0.717, 1.165) is 16.9 Å². The van der Waals surface area contributed by atoms with Crippen molar-refractivity contribution in [2.75, 3.05) is 0 Å². The standard InChI is InChI=1S/C17H19BrN6O/c1-10(2)15-14(18)16(23-22-15)17(25)21-11(3)12-4-6-13(7-5-12)24-9-19-8-20-24/h4-11H,1-3H3,(H,21,25)(H,22,23). The number of nitrogens with one attached hydrogen (secondary N) is 2. The minimum Gasteiger partial charge on any atom is -0.344 e. The minimum atomic E-state index is -0.220. The molecule has 2 heterocycles. The Morgan fingerprint density at radius 1 is 1.24 bits per heavy atom. The smallest absolute Gasteiger partial charge is 0.273 e. The van der Waals surface area contributed by atoms with E-state index in [1.807, 2.05) is 45.0 Å². The second kappa shape index (κ2) is 7.18. The molecule has 0 saturated heterocycles. The highest BCUT2D eigenvalue weighted by atomic mass is 79.9. The van der Waals surface area contributed by atoms with Crippen LogP contribution >= 0.6 is 15.9 Å².